The smallest absolute Gasteiger partial charge is 0.344 e. The van der Waals surface area contributed by atoms with Gasteiger partial charge in [0.2, 0.25) is 0 Å². The second-order valence-corrected chi connectivity index (χ2v) is 7.72. The molecular weight excluding hydrogens is 432 g/mol. The summed E-state index contributed by atoms with van der Waals surface area (Å²) in [5, 5.41) is 9.61. The van der Waals surface area contributed by atoms with Crippen LogP contribution in [-0.4, -0.2) is 30.4 Å². The first kappa shape index (κ1) is 21.8. The predicted molar refractivity (Wildman–Crippen MR) is 120 cm³/mol. The highest BCUT2D eigenvalue weighted by molar-refractivity contribution is 6.32. The van der Waals surface area contributed by atoms with E-state index in [0.717, 1.165) is 11.3 Å². The Kier molecular flexibility index (Phi) is 7.02. The molecule has 0 saturated heterocycles. The lowest BCUT2D eigenvalue weighted by atomic mass is 10.0. The molecule has 0 amide bonds. The number of benzene rings is 3. The van der Waals surface area contributed by atoms with E-state index in [0.29, 0.717) is 60.5 Å². The third-order valence-corrected chi connectivity index (χ3v) is 5.25. The topological polar surface area (TPSA) is 74.2 Å². The van der Waals surface area contributed by atoms with Crippen molar-refractivity contribution in [3.8, 4) is 28.7 Å². The molecule has 1 aliphatic heterocycles. The molecule has 0 bridgehead atoms. The maximum absolute atomic E-state index is 11.1. The zero-order valence-electron chi connectivity index (χ0n) is 17.3. The predicted octanol–water partition coefficient (Wildman–Crippen LogP) is 5.76. The van der Waals surface area contributed by atoms with Gasteiger partial charge in [0.15, 0.2) is 6.10 Å². The molecule has 166 valence electrons. The lowest BCUT2D eigenvalue weighted by Crippen LogP contribution is -2.30. The molecule has 0 fully saturated rings. The summed E-state index contributed by atoms with van der Waals surface area (Å²) in [4.78, 5) is 11.1. The molecule has 0 spiro atoms. The van der Waals surface area contributed by atoms with Gasteiger partial charge in [-0.15, -0.1) is 0 Å². The van der Waals surface area contributed by atoms with Gasteiger partial charge < -0.3 is 24.1 Å². The van der Waals surface area contributed by atoms with Crippen LogP contribution in [0.25, 0.3) is 0 Å². The number of carboxylic acid groups (broad SMARTS) is 1. The van der Waals surface area contributed by atoms with Crippen molar-refractivity contribution in [2.75, 3.05) is 13.2 Å². The first-order valence-corrected chi connectivity index (χ1v) is 10.8. The van der Waals surface area contributed by atoms with Gasteiger partial charge in [-0.05, 0) is 48.7 Å². The molecule has 1 heterocycles. The molecule has 1 N–H and O–H groups in total. The van der Waals surface area contributed by atoms with Crippen LogP contribution in [-0.2, 0) is 11.2 Å². The zero-order valence-corrected chi connectivity index (χ0v) is 18.1. The van der Waals surface area contributed by atoms with Crippen molar-refractivity contribution in [1.82, 2.24) is 0 Å². The van der Waals surface area contributed by atoms with Gasteiger partial charge in [0.1, 0.15) is 28.7 Å². The molecule has 7 heteroatoms. The Morgan fingerprint density at radius 2 is 1.75 bits per heavy atom. The largest absolute Gasteiger partial charge is 0.493 e. The fraction of sp³-hybridized carbons (Fsp3) is 0.240. The van der Waals surface area contributed by atoms with Gasteiger partial charge in [-0.3, -0.25) is 0 Å². The quantitative estimate of drug-likeness (QED) is 0.414. The summed E-state index contributed by atoms with van der Waals surface area (Å²) in [7, 11) is 0. The highest BCUT2D eigenvalue weighted by Gasteiger charge is 2.25. The summed E-state index contributed by atoms with van der Waals surface area (Å²) in [5.41, 5.74) is 0.993. The van der Waals surface area contributed by atoms with Crippen LogP contribution in [0.4, 0.5) is 0 Å². The zero-order chi connectivity index (χ0) is 22.3. The maximum Gasteiger partial charge on any atom is 0.344 e. The number of rotatable bonds is 9. The van der Waals surface area contributed by atoms with Gasteiger partial charge in [-0.25, -0.2) is 4.79 Å². The normalized spacial score (nSPS) is 14.7. The Morgan fingerprint density at radius 1 is 0.969 bits per heavy atom. The first-order chi connectivity index (χ1) is 15.6. The fourth-order valence-corrected chi connectivity index (χ4v) is 3.56. The minimum Gasteiger partial charge on any atom is -0.493 e. The Bertz CT molecular complexity index is 1070. The number of aliphatic carboxylic acids is 1. The number of fused-ring (bicyclic) bond motifs is 1. The van der Waals surface area contributed by atoms with Gasteiger partial charge >= 0.3 is 5.97 Å². The maximum atomic E-state index is 11.1. The van der Waals surface area contributed by atoms with E-state index in [9.17, 15) is 4.79 Å². The van der Waals surface area contributed by atoms with E-state index in [2.05, 4.69) is 0 Å². The third-order valence-electron chi connectivity index (χ3n) is 4.96. The molecule has 32 heavy (non-hydrogen) atoms. The molecular formula is C25H23ClO6. The van der Waals surface area contributed by atoms with E-state index < -0.39 is 12.1 Å². The number of hydrogen-bond donors (Lipinski definition) is 1. The van der Waals surface area contributed by atoms with E-state index >= 15 is 0 Å². The molecule has 3 aromatic rings. The van der Waals surface area contributed by atoms with Crippen molar-refractivity contribution in [3.63, 3.8) is 0 Å². The van der Waals surface area contributed by atoms with Crippen LogP contribution in [0.5, 0.6) is 28.7 Å². The van der Waals surface area contributed by atoms with E-state index in [-0.39, 0.29) is 0 Å². The van der Waals surface area contributed by atoms with E-state index in [1.54, 1.807) is 18.2 Å². The van der Waals surface area contributed by atoms with E-state index in [4.69, 9.17) is 35.7 Å². The molecule has 0 aromatic heterocycles. The first-order valence-electron chi connectivity index (χ1n) is 10.4. The Labute approximate surface area is 191 Å². The van der Waals surface area contributed by atoms with Crippen molar-refractivity contribution >= 4 is 17.6 Å². The van der Waals surface area contributed by atoms with Crippen LogP contribution in [0.2, 0.25) is 5.02 Å². The van der Waals surface area contributed by atoms with Crippen molar-refractivity contribution in [1.29, 1.82) is 0 Å². The van der Waals surface area contributed by atoms with Crippen LogP contribution in [0.1, 0.15) is 18.4 Å². The molecule has 4 rings (SSSR count). The van der Waals surface area contributed by atoms with Crippen molar-refractivity contribution in [2.45, 2.75) is 25.4 Å². The Balaban J connectivity index is 1.23. The summed E-state index contributed by atoms with van der Waals surface area (Å²) in [6.07, 6.45) is 0.993. The number of carboxylic acids is 1. The highest BCUT2D eigenvalue weighted by atomic mass is 35.5. The van der Waals surface area contributed by atoms with Gasteiger partial charge in [0.05, 0.1) is 18.2 Å². The summed E-state index contributed by atoms with van der Waals surface area (Å²) < 4.78 is 22.8. The van der Waals surface area contributed by atoms with E-state index in [1.165, 1.54) is 0 Å². The molecule has 1 atom stereocenters. The summed E-state index contributed by atoms with van der Waals surface area (Å²) in [6, 6.07) is 20.3. The monoisotopic (exact) mass is 454 g/mol. The average molecular weight is 455 g/mol. The van der Waals surface area contributed by atoms with E-state index in [1.807, 2.05) is 48.5 Å². The number of ether oxygens (including phenoxy) is 4. The van der Waals surface area contributed by atoms with Crippen molar-refractivity contribution in [3.05, 3.63) is 77.3 Å². The van der Waals surface area contributed by atoms with Crippen LogP contribution >= 0.6 is 11.6 Å². The number of hydrogen-bond acceptors (Lipinski definition) is 5. The van der Waals surface area contributed by atoms with Gasteiger partial charge in [0.25, 0.3) is 0 Å². The molecule has 0 radical (unpaired) electrons. The number of halogens is 1. The Hall–Kier alpha value is -3.38. The van der Waals surface area contributed by atoms with Gasteiger partial charge in [-0.2, -0.15) is 0 Å². The standard InChI is InChI=1S/C25H23ClO6/c26-21-15-20(31-18-5-2-1-3-6-18)10-12-22(21)30-14-4-13-29-19-9-7-17-8-11-23(25(27)28)32-24(17)16-19/h1-3,5-7,9-10,12,15-16,23H,4,8,11,13-14H2,(H,27,28). The lowest BCUT2D eigenvalue weighted by Gasteiger charge is -2.23. The molecule has 3 aromatic carbocycles. The van der Waals surface area contributed by atoms with Crippen LogP contribution in [0.3, 0.4) is 0 Å². The minimum absolute atomic E-state index is 0.432. The molecule has 1 aliphatic rings. The third kappa shape index (κ3) is 5.65. The van der Waals surface area contributed by atoms with Crippen molar-refractivity contribution < 1.29 is 28.8 Å². The van der Waals surface area contributed by atoms with Gasteiger partial charge in [-0.1, -0.05) is 35.9 Å². The van der Waals surface area contributed by atoms with Crippen LogP contribution < -0.4 is 18.9 Å². The summed E-state index contributed by atoms with van der Waals surface area (Å²) in [5.74, 6) is 2.21. The van der Waals surface area contributed by atoms with Crippen molar-refractivity contribution in [2.24, 2.45) is 0 Å². The average Bonchev–Trinajstić information content (AvgIpc) is 2.80. The summed E-state index contributed by atoms with van der Waals surface area (Å²) in [6.45, 7) is 0.870. The second-order valence-electron chi connectivity index (χ2n) is 7.31. The Morgan fingerprint density at radius 3 is 2.53 bits per heavy atom. The number of para-hydroxylation sites is 1. The number of aryl methyl sites for hydroxylation is 1. The highest BCUT2D eigenvalue weighted by Crippen LogP contribution is 2.32. The molecule has 1 unspecified atom stereocenters. The summed E-state index contributed by atoms with van der Waals surface area (Å²) >= 11 is 6.31. The SMILES string of the molecule is O=C(O)C1CCc2ccc(OCCCOc3ccc(Oc4ccccc4)cc3Cl)cc2O1. The van der Waals surface area contributed by atoms with Crippen LogP contribution in [0.15, 0.2) is 66.7 Å². The number of carbonyl (C=O) groups is 1. The lowest BCUT2D eigenvalue weighted by molar-refractivity contribution is -0.145. The van der Waals surface area contributed by atoms with Crippen LogP contribution in [0, 0.1) is 0 Å². The molecule has 0 saturated carbocycles. The van der Waals surface area contributed by atoms with Gasteiger partial charge in [0, 0.05) is 18.6 Å². The fourth-order valence-electron chi connectivity index (χ4n) is 3.33. The molecule has 6 nitrogen and oxygen atoms in total. The minimum atomic E-state index is -0.947. The molecule has 0 aliphatic carbocycles. The second kappa shape index (κ2) is 10.3.